The van der Waals surface area contributed by atoms with E-state index in [1.165, 1.54) is 11.3 Å². The van der Waals surface area contributed by atoms with Crippen molar-refractivity contribution in [1.82, 2.24) is 0 Å². The Kier molecular flexibility index (Phi) is 4.08. The smallest absolute Gasteiger partial charge is 0.203 e. The van der Waals surface area contributed by atoms with Crippen LogP contribution in [0.5, 0.6) is 0 Å². The molecule has 0 aliphatic rings. The van der Waals surface area contributed by atoms with Gasteiger partial charge in [-0.15, -0.1) is 11.3 Å². The van der Waals surface area contributed by atoms with Crippen molar-refractivity contribution in [3.8, 4) is 0 Å². The summed E-state index contributed by atoms with van der Waals surface area (Å²) < 4.78 is 2.36. The molecule has 1 nitrogen and oxygen atoms in total. The van der Waals surface area contributed by atoms with E-state index in [9.17, 15) is 4.79 Å². The van der Waals surface area contributed by atoms with Gasteiger partial charge in [0.15, 0.2) is 0 Å². The molecule has 0 atom stereocenters. The number of hydrogen-bond acceptors (Lipinski definition) is 2. The van der Waals surface area contributed by atoms with Crippen LogP contribution in [0.1, 0.15) is 20.8 Å². The van der Waals surface area contributed by atoms with Crippen LogP contribution in [0.4, 0.5) is 0 Å². The third-order valence-electron chi connectivity index (χ3n) is 2.29. The fraction of sp³-hybridized carbons (Fsp3) is 0.0833. The van der Waals surface area contributed by atoms with Gasteiger partial charge in [-0.3, -0.25) is 4.79 Å². The molecular formula is C12H7Br2ClOS. The molecule has 1 aromatic carbocycles. The Hall–Kier alpha value is -0.160. The lowest BCUT2D eigenvalue weighted by molar-refractivity contribution is 0.104. The molecule has 1 heterocycles. The maximum Gasteiger partial charge on any atom is 0.203 e. The fourth-order valence-electron chi connectivity index (χ4n) is 1.39. The van der Waals surface area contributed by atoms with Crippen molar-refractivity contribution in [2.75, 3.05) is 0 Å². The van der Waals surface area contributed by atoms with Gasteiger partial charge in [-0.25, -0.2) is 0 Å². The normalized spacial score (nSPS) is 10.6. The topological polar surface area (TPSA) is 17.1 Å². The third kappa shape index (κ3) is 2.81. The van der Waals surface area contributed by atoms with Gasteiger partial charge in [0, 0.05) is 14.5 Å². The number of carbonyl (C=O) groups excluding carboxylic acids is 1. The number of hydrogen-bond donors (Lipinski definition) is 0. The van der Waals surface area contributed by atoms with Crippen LogP contribution < -0.4 is 0 Å². The van der Waals surface area contributed by atoms with Gasteiger partial charge < -0.3 is 0 Å². The molecular weight excluding hydrogens is 387 g/mol. The van der Waals surface area contributed by atoms with E-state index in [-0.39, 0.29) is 5.78 Å². The van der Waals surface area contributed by atoms with Crippen LogP contribution in [0.2, 0.25) is 4.34 Å². The summed E-state index contributed by atoms with van der Waals surface area (Å²) in [6.07, 6.45) is 0. The van der Waals surface area contributed by atoms with Crippen molar-refractivity contribution in [3.63, 3.8) is 0 Å². The molecule has 5 heteroatoms. The lowest BCUT2D eigenvalue weighted by atomic mass is 10.1. The minimum Gasteiger partial charge on any atom is -0.288 e. The molecule has 0 N–H and O–H groups in total. The van der Waals surface area contributed by atoms with E-state index in [4.69, 9.17) is 11.6 Å². The van der Waals surface area contributed by atoms with Gasteiger partial charge in [0.1, 0.15) is 4.34 Å². The molecule has 0 saturated heterocycles. The summed E-state index contributed by atoms with van der Waals surface area (Å²) in [6.45, 7) is 1.96. The van der Waals surface area contributed by atoms with Crippen molar-refractivity contribution in [2.24, 2.45) is 0 Å². The number of aryl methyl sites for hydroxylation is 1. The van der Waals surface area contributed by atoms with Crippen LogP contribution in [-0.2, 0) is 0 Å². The average Bonchev–Trinajstić information content (AvgIpc) is 2.62. The predicted molar refractivity (Wildman–Crippen MR) is 79.3 cm³/mol. The summed E-state index contributed by atoms with van der Waals surface area (Å²) in [5.41, 5.74) is 1.72. The van der Waals surface area contributed by atoms with E-state index < -0.39 is 0 Å². The Morgan fingerprint density at radius 2 is 1.94 bits per heavy atom. The highest BCUT2D eigenvalue weighted by molar-refractivity contribution is 9.10. The average molecular weight is 395 g/mol. The zero-order valence-electron chi connectivity index (χ0n) is 8.76. The van der Waals surface area contributed by atoms with Gasteiger partial charge in [-0.1, -0.05) is 27.5 Å². The SMILES string of the molecule is Cc1cc(C(=O)c2cc(Br)c(Cl)s2)ccc1Br. The second kappa shape index (κ2) is 5.22. The Morgan fingerprint density at radius 3 is 2.47 bits per heavy atom. The van der Waals surface area contributed by atoms with E-state index in [0.29, 0.717) is 14.8 Å². The van der Waals surface area contributed by atoms with Crippen molar-refractivity contribution >= 4 is 60.6 Å². The number of carbonyl (C=O) groups is 1. The van der Waals surface area contributed by atoms with E-state index in [1.807, 2.05) is 19.1 Å². The number of ketones is 1. The maximum atomic E-state index is 12.2. The van der Waals surface area contributed by atoms with Crippen LogP contribution in [0, 0.1) is 6.92 Å². The zero-order valence-corrected chi connectivity index (χ0v) is 13.5. The molecule has 0 aliphatic carbocycles. The van der Waals surface area contributed by atoms with Gasteiger partial charge >= 0.3 is 0 Å². The molecule has 88 valence electrons. The molecule has 0 radical (unpaired) electrons. The first-order valence-electron chi connectivity index (χ1n) is 4.74. The predicted octanol–water partition coefficient (Wildman–Crippen LogP) is 5.47. The van der Waals surface area contributed by atoms with E-state index in [2.05, 4.69) is 31.9 Å². The minimum absolute atomic E-state index is 0.00167. The Balaban J connectivity index is 2.40. The molecule has 0 fully saturated rings. The lowest BCUT2D eigenvalue weighted by Gasteiger charge is -2.01. The Bertz CT molecular complexity index is 573. The van der Waals surface area contributed by atoms with Gasteiger partial charge in [0.2, 0.25) is 5.78 Å². The number of benzene rings is 1. The first kappa shape index (κ1) is 13.3. The highest BCUT2D eigenvalue weighted by atomic mass is 79.9. The summed E-state index contributed by atoms with van der Waals surface area (Å²) in [5, 5.41) is 0. The highest BCUT2D eigenvalue weighted by Gasteiger charge is 2.14. The number of rotatable bonds is 2. The summed E-state index contributed by atoms with van der Waals surface area (Å²) in [6, 6.07) is 7.31. The van der Waals surface area contributed by atoms with E-state index in [1.54, 1.807) is 12.1 Å². The molecule has 0 spiro atoms. The van der Waals surface area contributed by atoms with Gasteiger partial charge in [0.25, 0.3) is 0 Å². The quantitative estimate of drug-likeness (QED) is 0.618. The zero-order chi connectivity index (χ0) is 12.6. The van der Waals surface area contributed by atoms with Gasteiger partial charge in [0.05, 0.1) is 4.88 Å². The van der Waals surface area contributed by atoms with E-state index >= 15 is 0 Å². The lowest BCUT2D eigenvalue weighted by Crippen LogP contribution is -1.98. The molecule has 1 aromatic heterocycles. The van der Waals surface area contributed by atoms with Gasteiger partial charge in [-0.05, 0) is 52.7 Å². The van der Waals surface area contributed by atoms with Crippen LogP contribution in [-0.4, -0.2) is 5.78 Å². The standard InChI is InChI=1S/C12H7Br2ClOS/c1-6-4-7(2-3-8(6)13)11(16)10-5-9(14)12(15)17-10/h2-5H,1H3. The largest absolute Gasteiger partial charge is 0.288 e. The molecule has 17 heavy (non-hydrogen) atoms. The van der Waals surface area contributed by atoms with Crippen LogP contribution in [0.25, 0.3) is 0 Å². The molecule has 2 rings (SSSR count). The summed E-state index contributed by atoms with van der Waals surface area (Å²) in [7, 11) is 0. The van der Waals surface area contributed by atoms with E-state index in [0.717, 1.165) is 14.5 Å². The fourth-order valence-corrected chi connectivity index (χ4v) is 3.30. The monoisotopic (exact) mass is 392 g/mol. The van der Waals surface area contributed by atoms with Crippen LogP contribution >= 0.6 is 54.8 Å². The van der Waals surface area contributed by atoms with Crippen molar-refractivity contribution in [2.45, 2.75) is 6.92 Å². The minimum atomic E-state index is -0.00167. The van der Waals surface area contributed by atoms with Crippen molar-refractivity contribution < 1.29 is 4.79 Å². The molecule has 2 aromatic rings. The molecule has 0 amide bonds. The first-order valence-corrected chi connectivity index (χ1v) is 7.53. The van der Waals surface area contributed by atoms with Crippen molar-refractivity contribution in [1.29, 1.82) is 0 Å². The summed E-state index contributed by atoms with van der Waals surface area (Å²) >= 11 is 13.9. The Labute approximate surface area is 125 Å². The number of halogens is 3. The highest BCUT2D eigenvalue weighted by Crippen LogP contribution is 2.33. The second-order valence-corrected chi connectivity index (χ2v) is 6.89. The molecule has 0 saturated carbocycles. The molecule has 0 unspecified atom stereocenters. The molecule has 0 bridgehead atoms. The summed E-state index contributed by atoms with van der Waals surface area (Å²) in [4.78, 5) is 12.8. The number of thiophene rings is 1. The first-order chi connectivity index (χ1) is 7.99. The maximum absolute atomic E-state index is 12.2. The Morgan fingerprint density at radius 1 is 1.24 bits per heavy atom. The van der Waals surface area contributed by atoms with Crippen molar-refractivity contribution in [3.05, 3.63) is 53.6 Å². The van der Waals surface area contributed by atoms with Crippen LogP contribution in [0.3, 0.4) is 0 Å². The second-order valence-electron chi connectivity index (χ2n) is 3.53. The van der Waals surface area contributed by atoms with Gasteiger partial charge in [-0.2, -0.15) is 0 Å². The summed E-state index contributed by atoms with van der Waals surface area (Å²) in [5.74, 6) is -0.00167. The molecule has 0 aliphatic heterocycles. The third-order valence-corrected chi connectivity index (χ3v) is 5.65. The van der Waals surface area contributed by atoms with Crippen LogP contribution in [0.15, 0.2) is 33.2 Å².